The summed E-state index contributed by atoms with van der Waals surface area (Å²) in [5.74, 6) is 1.36. The Balaban J connectivity index is 1.79. The molecule has 2 N–H and O–H groups in total. The van der Waals surface area contributed by atoms with Gasteiger partial charge in [0.15, 0.2) is 16.7 Å². The molecule has 0 aliphatic heterocycles. The van der Waals surface area contributed by atoms with Crippen LogP contribution in [-0.4, -0.2) is 39.0 Å². The maximum Gasteiger partial charge on any atom is 0.321 e. The molecule has 2 rings (SSSR count). The van der Waals surface area contributed by atoms with Crippen molar-refractivity contribution in [1.29, 1.82) is 0 Å². The van der Waals surface area contributed by atoms with Crippen LogP contribution in [0, 0.1) is 5.92 Å². The van der Waals surface area contributed by atoms with Crippen LogP contribution in [0.3, 0.4) is 0 Å². The van der Waals surface area contributed by atoms with E-state index in [2.05, 4.69) is 34.7 Å². The average molecular weight is 351 g/mol. The third kappa shape index (κ3) is 5.12. The van der Waals surface area contributed by atoms with E-state index in [0.717, 1.165) is 6.42 Å². The van der Waals surface area contributed by atoms with E-state index >= 15 is 0 Å². The van der Waals surface area contributed by atoms with Gasteiger partial charge in [-0.3, -0.25) is 10.1 Å². The molecule has 0 spiro atoms. The van der Waals surface area contributed by atoms with Crippen LogP contribution in [0.2, 0.25) is 0 Å². The summed E-state index contributed by atoms with van der Waals surface area (Å²) in [6.07, 6.45) is 2.42. The first-order valence-electron chi connectivity index (χ1n) is 7.61. The molecule has 0 fully saturated rings. The van der Waals surface area contributed by atoms with Crippen LogP contribution >= 0.6 is 11.8 Å². The Bertz CT molecular complexity index is 681. The Morgan fingerprint density at radius 2 is 2.17 bits per heavy atom. The van der Waals surface area contributed by atoms with Crippen molar-refractivity contribution in [2.45, 2.75) is 25.4 Å². The molecular formula is C15H21N5O3S. The number of carbonyl (C=O) groups excluding carboxylic acids is 2. The summed E-state index contributed by atoms with van der Waals surface area (Å²) in [5.41, 5.74) is 0. The van der Waals surface area contributed by atoms with E-state index in [1.165, 1.54) is 11.8 Å². The standard InChI is InChI=1S/C15H21N5O3S/c1-10(2)6-7-16-14(22)17-12(21)9-24-15-19-18-13(20(15)3)11-5-4-8-23-11/h4-5,8,10H,6-7,9H2,1-3H3,(H2,16,17,21,22). The number of urea groups is 1. The summed E-state index contributed by atoms with van der Waals surface area (Å²) in [5, 5.41) is 13.6. The zero-order valence-electron chi connectivity index (χ0n) is 13.9. The van der Waals surface area contributed by atoms with Gasteiger partial charge in [0.25, 0.3) is 0 Å². The molecule has 2 aromatic rings. The molecule has 0 aromatic carbocycles. The van der Waals surface area contributed by atoms with Crippen LogP contribution in [0.5, 0.6) is 0 Å². The molecule has 0 saturated heterocycles. The van der Waals surface area contributed by atoms with Crippen molar-refractivity contribution in [3.05, 3.63) is 18.4 Å². The Morgan fingerprint density at radius 3 is 2.83 bits per heavy atom. The number of thioether (sulfide) groups is 1. The monoisotopic (exact) mass is 351 g/mol. The molecule has 9 heteroatoms. The Hall–Kier alpha value is -2.29. The number of aromatic nitrogens is 3. The predicted octanol–water partition coefficient (Wildman–Crippen LogP) is 2.04. The molecule has 2 heterocycles. The number of rotatable bonds is 7. The van der Waals surface area contributed by atoms with Crippen LogP contribution in [0.1, 0.15) is 20.3 Å². The number of hydrogen-bond acceptors (Lipinski definition) is 6. The number of carbonyl (C=O) groups is 2. The lowest BCUT2D eigenvalue weighted by Gasteiger charge is -2.08. The molecule has 0 unspecified atom stereocenters. The average Bonchev–Trinajstić information content (AvgIpc) is 3.14. The van der Waals surface area contributed by atoms with E-state index in [9.17, 15) is 9.59 Å². The van der Waals surface area contributed by atoms with Gasteiger partial charge >= 0.3 is 6.03 Å². The second kappa shape index (κ2) is 8.53. The smallest absolute Gasteiger partial charge is 0.321 e. The summed E-state index contributed by atoms with van der Waals surface area (Å²) < 4.78 is 7.02. The van der Waals surface area contributed by atoms with Gasteiger partial charge in [0.2, 0.25) is 5.91 Å². The highest BCUT2D eigenvalue weighted by Gasteiger charge is 2.15. The fourth-order valence-corrected chi connectivity index (χ4v) is 2.58. The van der Waals surface area contributed by atoms with Crippen molar-refractivity contribution in [3.63, 3.8) is 0 Å². The molecule has 3 amide bonds. The Kier molecular flexibility index (Phi) is 6.42. The first-order valence-corrected chi connectivity index (χ1v) is 8.59. The van der Waals surface area contributed by atoms with Crippen molar-refractivity contribution in [2.75, 3.05) is 12.3 Å². The van der Waals surface area contributed by atoms with Gasteiger partial charge in [-0.15, -0.1) is 10.2 Å². The fourth-order valence-electron chi connectivity index (χ4n) is 1.87. The molecular weight excluding hydrogens is 330 g/mol. The van der Waals surface area contributed by atoms with Crippen LogP contribution in [0.25, 0.3) is 11.6 Å². The number of hydrogen-bond donors (Lipinski definition) is 2. The zero-order valence-corrected chi connectivity index (χ0v) is 14.7. The minimum atomic E-state index is -0.476. The molecule has 0 aliphatic rings. The molecule has 2 aromatic heterocycles. The third-order valence-corrected chi connectivity index (χ3v) is 4.19. The lowest BCUT2D eigenvalue weighted by Crippen LogP contribution is -2.40. The maximum absolute atomic E-state index is 11.8. The van der Waals surface area contributed by atoms with Gasteiger partial charge in [-0.05, 0) is 24.5 Å². The number of amides is 3. The topological polar surface area (TPSA) is 102 Å². The molecule has 8 nitrogen and oxygen atoms in total. The number of nitrogens with one attached hydrogen (secondary N) is 2. The van der Waals surface area contributed by atoms with Crippen LogP contribution < -0.4 is 10.6 Å². The summed E-state index contributed by atoms with van der Waals surface area (Å²) >= 11 is 1.20. The van der Waals surface area contributed by atoms with Gasteiger partial charge in [0.05, 0.1) is 12.0 Å². The summed E-state index contributed by atoms with van der Waals surface area (Å²) in [7, 11) is 1.79. The van der Waals surface area contributed by atoms with E-state index in [0.29, 0.717) is 29.2 Å². The minimum Gasteiger partial charge on any atom is -0.461 e. The van der Waals surface area contributed by atoms with Crippen molar-refractivity contribution >= 4 is 23.7 Å². The Labute approximate surface area is 144 Å². The molecule has 130 valence electrons. The minimum absolute atomic E-state index is 0.0712. The molecule has 0 radical (unpaired) electrons. The summed E-state index contributed by atoms with van der Waals surface area (Å²) in [6, 6.07) is 3.07. The van der Waals surface area contributed by atoms with E-state index in [4.69, 9.17) is 4.42 Å². The van der Waals surface area contributed by atoms with Gasteiger partial charge in [-0.2, -0.15) is 0 Å². The maximum atomic E-state index is 11.8. The van der Waals surface area contributed by atoms with Crippen molar-refractivity contribution in [3.8, 4) is 11.6 Å². The van der Waals surface area contributed by atoms with Crippen molar-refractivity contribution in [1.82, 2.24) is 25.4 Å². The molecule has 0 aliphatic carbocycles. The van der Waals surface area contributed by atoms with Gasteiger partial charge < -0.3 is 14.3 Å². The number of imide groups is 1. The summed E-state index contributed by atoms with van der Waals surface area (Å²) in [4.78, 5) is 23.4. The highest BCUT2D eigenvalue weighted by Crippen LogP contribution is 2.22. The third-order valence-electron chi connectivity index (χ3n) is 3.17. The number of furan rings is 1. The first kappa shape index (κ1) is 18.1. The molecule has 0 saturated carbocycles. The van der Waals surface area contributed by atoms with Gasteiger partial charge in [-0.25, -0.2) is 4.79 Å². The van der Waals surface area contributed by atoms with Gasteiger partial charge in [0.1, 0.15) is 0 Å². The first-order chi connectivity index (χ1) is 11.5. The van der Waals surface area contributed by atoms with Gasteiger partial charge in [-0.1, -0.05) is 25.6 Å². The lowest BCUT2D eigenvalue weighted by molar-refractivity contribution is -0.117. The van der Waals surface area contributed by atoms with E-state index in [-0.39, 0.29) is 11.7 Å². The van der Waals surface area contributed by atoms with E-state index in [1.807, 2.05) is 0 Å². The van der Waals surface area contributed by atoms with E-state index in [1.54, 1.807) is 30.0 Å². The second-order valence-corrected chi connectivity index (χ2v) is 6.56. The van der Waals surface area contributed by atoms with Crippen molar-refractivity contribution < 1.29 is 14.0 Å². The van der Waals surface area contributed by atoms with Gasteiger partial charge in [0, 0.05) is 13.6 Å². The highest BCUT2D eigenvalue weighted by molar-refractivity contribution is 7.99. The normalized spacial score (nSPS) is 10.8. The predicted molar refractivity (Wildman–Crippen MR) is 90.4 cm³/mol. The number of nitrogens with zero attached hydrogens (tertiary/aromatic N) is 3. The van der Waals surface area contributed by atoms with Crippen LogP contribution in [0.15, 0.2) is 28.0 Å². The Morgan fingerprint density at radius 1 is 1.38 bits per heavy atom. The van der Waals surface area contributed by atoms with E-state index < -0.39 is 6.03 Å². The van der Waals surface area contributed by atoms with Crippen molar-refractivity contribution in [2.24, 2.45) is 13.0 Å². The molecule has 0 atom stereocenters. The summed E-state index contributed by atoms with van der Waals surface area (Å²) in [6.45, 7) is 4.68. The molecule has 0 bridgehead atoms. The quantitative estimate of drug-likeness (QED) is 0.740. The zero-order chi connectivity index (χ0) is 17.5. The second-order valence-electron chi connectivity index (χ2n) is 5.62. The molecule has 24 heavy (non-hydrogen) atoms. The SMILES string of the molecule is CC(C)CCNC(=O)NC(=O)CSc1nnc(-c2ccco2)n1C. The van der Waals surface area contributed by atoms with Crippen LogP contribution in [-0.2, 0) is 11.8 Å². The fraction of sp³-hybridized carbons (Fsp3) is 0.467. The van der Waals surface area contributed by atoms with Crippen LogP contribution in [0.4, 0.5) is 4.79 Å². The largest absolute Gasteiger partial charge is 0.461 e. The highest BCUT2D eigenvalue weighted by atomic mass is 32.2. The lowest BCUT2D eigenvalue weighted by atomic mass is 10.1.